The predicted molar refractivity (Wildman–Crippen MR) is 98.5 cm³/mol. The first kappa shape index (κ1) is 18.2. The van der Waals surface area contributed by atoms with Crippen molar-refractivity contribution in [1.29, 1.82) is 0 Å². The lowest BCUT2D eigenvalue weighted by Gasteiger charge is -2.27. The number of nitrogens with zero attached hydrogens (tertiary/aromatic N) is 2. The van der Waals surface area contributed by atoms with Crippen molar-refractivity contribution in [3.63, 3.8) is 0 Å². The standard InChI is InChI=1S/C20H31N3O2/c1-2-3-4-15-5-7-17(8-6-15)20(25)21-13-14-23-19(24)12-11-18(22-23)16-9-10-16/h11-12,15-17H,2-10,13-14H2,1H3,(H,21,25). The molecule has 138 valence electrons. The van der Waals surface area contributed by atoms with E-state index >= 15 is 0 Å². The van der Waals surface area contributed by atoms with Crippen LogP contribution in [-0.4, -0.2) is 22.2 Å². The van der Waals surface area contributed by atoms with Crippen LogP contribution >= 0.6 is 0 Å². The van der Waals surface area contributed by atoms with Gasteiger partial charge in [-0.05, 0) is 50.5 Å². The van der Waals surface area contributed by atoms with Crippen molar-refractivity contribution < 1.29 is 4.79 Å². The smallest absolute Gasteiger partial charge is 0.266 e. The fourth-order valence-electron chi connectivity index (χ4n) is 3.86. The Morgan fingerprint density at radius 2 is 1.96 bits per heavy atom. The lowest BCUT2D eigenvalue weighted by atomic mass is 9.79. The van der Waals surface area contributed by atoms with Gasteiger partial charge in [-0.3, -0.25) is 9.59 Å². The van der Waals surface area contributed by atoms with Gasteiger partial charge in [0, 0.05) is 24.4 Å². The third-order valence-corrected chi connectivity index (χ3v) is 5.69. The Balaban J connectivity index is 1.41. The highest BCUT2D eigenvalue weighted by atomic mass is 16.2. The highest BCUT2D eigenvalue weighted by molar-refractivity contribution is 5.78. The van der Waals surface area contributed by atoms with Crippen LogP contribution in [0.3, 0.4) is 0 Å². The van der Waals surface area contributed by atoms with Crippen LogP contribution in [0.4, 0.5) is 0 Å². The van der Waals surface area contributed by atoms with E-state index in [0.29, 0.717) is 19.0 Å². The molecule has 1 amide bonds. The molecule has 2 fully saturated rings. The van der Waals surface area contributed by atoms with Gasteiger partial charge >= 0.3 is 0 Å². The lowest BCUT2D eigenvalue weighted by molar-refractivity contribution is -0.126. The highest BCUT2D eigenvalue weighted by Gasteiger charge is 2.26. The summed E-state index contributed by atoms with van der Waals surface area (Å²) in [5.74, 6) is 1.65. The maximum absolute atomic E-state index is 12.4. The van der Waals surface area contributed by atoms with Crippen LogP contribution in [0.5, 0.6) is 0 Å². The molecular weight excluding hydrogens is 314 g/mol. The predicted octanol–water partition coefficient (Wildman–Crippen LogP) is 3.23. The summed E-state index contributed by atoms with van der Waals surface area (Å²) >= 11 is 0. The summed E-state index contributed by atoms with van der Waals surface area (Å²) in [5.41, 5.74) is 0.923. The summed E-state index contributed by atoms with van der Waals surface area (Å²) in [6, 6.07) is 3.44. The molecule has 1 aromatic heterocycles. The quantitative estimate of drug-likeness (QED) is 0.787. The van der Waals surface area contributed by atoms with Gasteiger partial charge < -0.3 is 5.32 Å². The molecule has 0 unspecified atom stereocenters. The summed E-state index contributed by atoms with van der Waals surface area (Å²) in [6.45, 7) is 3.17. The minimum absolute atomic E-state index is 0.0879. The maximum atomic E-state index is 12.4. The molecule has 0 bridgehead atoms. The maximum Gasteiger partial charge on any atom is 0.266 e. The minimum atomic E-state index is -0.0879. The summed E-state index contributed by atoms with van der Waals surface area (Å²) < 4.78 is 1.50. The van der Waals surface area contributed by atoms with Crippen LogP contribution in [-0.2, 0) is 11.3 Å². The molecule has 0 aromatic carbocycles. The van der Waals surface area contributed by atoms with Crippen LogP contribution in [0.25, 0.3) is 0 Å². The third-order valence-electron chi connectivity index (χ3n) is 5.69. The fraction of sp³-hybridized carbons (Fsp3) is 0.750. The first-order valence-corrected chi connectivity index (χ1v) is 10.0. The zero-order chi connectivity index (χ0) is 17.6. The number of hydrogen-bond donors (Lipinski definition) is 1. The van der Waals surface area contributed by atoms with E-state index in [4.69, 9.17) is 0 Å². The van der Waals surface area contributed by atoms with Crippen molar-refractivity contribution in [3.05, 3.63) is 28.2 Å². The van der Waals surface area contributed by atoms with E-state index in [2.05, 4.69) is 17.3 Å². The molecule has 25 heavy (non-hydrogen) atoms. The molecule has 3 rings (SSSR count). The highest BCUT2D eigenvalue weighted by Crippen LogP contribution is 2.38. The fourth-order valence-corrected chi connectivity index (χ4v) is 3.86. The van der Waals surface area contributed by atoms with E-state index in [-0.39, 0.29) is 17.4 Å². The van der Waals surface area contributed by atoms with Crippen LogP contribution in [0, 0.1) is 11.8 Å². The number of carbonyl (C=O) groups is 1. The Morgan fingerprint density at radius 1 is 1.20 bits per heavy atom. The zero-order valence-corrected chi connectivity index (χ0v) is 15.4. The van der Waals surface area contributed by atoms with E-state index in [9.17, 15) is 9.59 Å². The van der Waals surface area contributed by atoms with E-state index in [0.717, 1.165) is 24.5 Å². The number of unbranched alkanes of at least 4 members (excludes halogenated alkanes) is 1. The SMILES string of the molecule is CCCCC1CCC(C(=O)NCCn2nc(C3CC3)ccc2=O)CC1. The van der Waals surface area contributed by atoms with Crippen molar-refractivity contribution in [2.75, 3.05) is 6.54 Å². The van der Waals surface area contributed by atoms with Gasteiger partial charge in [0.05, 0.1) is 12.2 Å². The van der Waals surface area contributed by atoms with Gasteiger partial charge in [0.2, 0.25) is 5.91 Å². The lowest BCUT2D eigenvalue weighted by Crippen LogP contribution is -2.37. The topological polar surface area (TPSA) is 64.0 Å². The number of nitrogens with one attached hydrogen (secondary N) is 1. The number of rotatable bonds is 8. The van der Waals surface area contributed by atoms with Crippen LogP contribution < -0.4 is 10.9 Å². The summed E-state index contributed by atoms with van der Waals surface area (Å²) in [4.78, 5) is 24.3. The molecular formula is C20H31N3O2. The molecule has 1 N–H and O–H groups in total. The molecule has 2 saturated carbocycles. The zero-order valence-electron chi connectivity index (χ0n) is 15.4. The molecule has 0 aliphatic heterocycles. The van der Waals surface area contributed by atoms with Crippen molar-refractivity contribution in [1.82, 2.24) is 15.1 Å². The van der Waals surface area contributed by atoms with Crippen molar-refractivity contribution in [3.8, 4) is 0 Å². The summed E-state index contributed by atoms with van der Waals surface area (Å²) in [7, 11) is 0. The normalized spacial score (nSPS) is 23.4. The largest absolute Gasteiger partial charge is 0.354 e. The van der Waals surface area contributed by atoms with Gasteiger partial charge in [-0.2, -0.15) is 5.10 Å². The van der Waals surface area contributed by atoms with Crippen molar-refractivity contribution in [2.24, 2.45) is 11.8 Å². The molecule has 5 heteroatoms. The van der Waals surface area contributed by atoms with E-state index in [1.165, 1.54) is 49.6 Å². The monoisotopic (exact) mass is 345 g/mol. The van der Waals surface area contributed by atoms with Crippen LogP contribution in [0.15, 0.2) is 16.9 Å². The van der Waals surface area contributed by atoms with Crippen LogP contribution in [0.2, 0.25) is 0 Å². The number of carbonyl (C=O) groups excluding carboxylic acids is 1. The van der Waals surface area contributed by atoms with Gasteiger partial charge in [-0.1, -0.05) is 26.2 Å². The molecule has 0 spiro atoms. The number of amides is 1. The third kappa shape index (κ3) is 5.16. The Morgan fingerprint density at radius 3 is 2.64 bits per heavy atom. The van der Waals surface area contributed by atoms with E-state index < -0.39 is 0 Å². The average molecular weight is 345 g/mol. The second-order valence-electron chi connectivity index (χ2n) is 7.74. The second-order valence-corrected chi connectivity index (χ2v) is 7.74. The van der Waals surface area contributed by atoms with Gasteiger partial charge in [-0.15, -0.1) is 0 Å². The van der Waals surface area contributed by atoms with Crippen molar-refractivity contribution in [2.45, 2.75) is 77.2 Å². The second kappa shape index (κ2) is 8.63. The van der Waals surface area contributed by atoms with Gasteiger partial charge in [-0.25, -0.2) is 4.68 Å². The molecule has 2 aliphatic carbocycles. The minimum Gasteiger partial charge on any atom is -0.354 e. The van der Waals surface area contributed by atoms with Crippen molar-refractivity contribution >= 4 is 5.91 Å². The van der Waals surface area contributed by atoms with E-state index in [1.54, 1.807) is 6.07 Å². The Kier molecular flexibility index (Phi) is 6.27. The Labute approximate surface area is 150 Å². The molecule has 0 radical (unpaired) electrons. The number of hydrogen-bond acceptors (Lipinski definition) is 3. The Hall–Kier alpha value is -1.65. The summed E-state index contributed by atoms with van der Waals surface area (Å²) in [6.07, 6.45) is 10.6. The van der Waals surface area contributed by atoms with Crippen LogP contribution in [0.1, 0.15) is 76.3 Å². The Bertz CT molecular complexity index is 628. The average Bonchev–Trinajstić information content (AvgIpc) is 3.47. The van der Waals surface area contributed by atoms with Gasteiger partial charge in [0.1, 0.15) is 0 Å². The molecule has 0 saturated heterocycles. The number of aromatic nitrogens is 2. The van der Waals surface area contributed by atoms with Gasteiger partial charge in [0.15, 0.2) is 0 Å². The first-order valence-electron chi connectivity index (χ1n) is 10.0. The molecule has 5 nitrogen and oxygen atoms in total. The van der Waals surface area contributed by atoms with Gasteiger partial charge in [0.25, 0.3) is 5.56 Å². The molecule has 1 heterocycles. The first-order chi connectivity index (χ1) is 12.2. The molecule has 1 aromatic rings. The molecule has 2 aliphatic rings. The summed E-state index contributed by atoms with van der Waals surface area (Å²) in [5, 5.41) is 7.45. The molecule has 0 atom stereocenters. The van der Waals surface area contributed by atoms with E-state index in [1.807, 2.05) is 6.07 Å².